The van der Waals surface area contributed by atoms with Gasteiger partial charge in [0.15, 0.2) is 0 Å². The molecule has 0 unspecified atom stereocenters. The number of hydrogen-bond donors (Lipinski definition) is 1. The maximum atomic E-state index is 13.0. The van der Waals surface area contributed by atoms with E-state index in [1.165, 1.54) is 11.3 Å². The molecule has 10 heteroatoms. The number of thiophene rings is 1. The minimum atomic E-state index is -0.158. The zero-order chi connectivity index (χ0) is 23.0. The summed E-state index contributed by atoms with van der Waals surface area (Å²) < 4.78 is 0.572. The van der Waals surface area contributed by atoms with Crippen LogP contribution in [0.3, 0.4) is 0 Å². The Balaban J connectivity index is 1.42. The van der Waals surface area contributed by atoms with Crippen molar-refractivity contribution in [2.45, 2.75) is 18.5 Å². The minimum absolute atomic E-state index is 0.00810. The van der Waals surface area contributed by atoms with Gasteiger partial charge in [-0.1, -0.05) is 11.6 Å². The molecule has 2 atom stereocenters. The van der Waals surface area contributed by atoms with E-state index in [0.717, 1.165) is 17.8 Å². The van der Waals surface area contributed by atoms with E-state index in [0.29, 0.717) is 28.8 Å². The summed E-state index contributed by atoms with van der Waals surface area (Å²) in [5, 5.41) is 3.07. The van der Waals surface area contributed by atoms with Crippen molar-refractivity contribution < 1.29 is 14.4 Å². The van der Waals surface area contributed by atoms with Gasteiger partial charge in [-0.05, 0) is 56.9 Å². The van der Waals surface area contributed by atoms with Gasteiger partial charge in [0, 0.05) is 25.0 Å². The van der Waals surface area contributed by atoms with Crippen LogP contribution >= 0.6 is 22.9 Å². The van der Waals surface area contributed by atoms with Crippen LogP contribution in [0.15, 0.2) is 36.4 Å². The lowest BCUT2D eigenvalue weighted by molar-refractivity contribution is -0.118. The number of fused-ring (bicyclic) bond motifs is 1. The van der Waals surface area contributed by atoms with Crippen molar-refractivity contribution in [2.24, 2.45) is 0 Å². The summed E-state index contributed by atoms with van der Waals surface area (Å²) >= 11 is 7.18. The van der Waals surface area contributed by atoms with Crippen molar-refractivity contribution in [2.75, 3.05) is 50.6 Å². The molecule has 2 fully saturated rings. The van der Waals surface area contributed by atoms with Gasteiger partial charge >= 0.3 is 6.03 Å². The second kappa shape index (κ2) is 9.09. The molecule has 4 amide bonds. The Bertz CT molecular complexity index is 1020. The monoisotopic (exact) mass is 475 g/mol. The summed E-state index contributed by atoms with van der Waals surface area (Å²) in [4.78, 5) is 45.4. The van der Waals surface area contributed by atoms with E-state index in [-0.39, 0.29) is 29.9 Å². The molecule has 3 heterocycles. The predicted molar refractivity (Wildman–Crippen MR) is 127 cm³/mol. The second-order valence-electron chi connectivity index (χ2n) is 8.33. The number of likely N-dealkylation sites (N-methyl/N-ethyl adjacent to an activating group) is 2. The zero-order valence-corrected chi connectivity index (χ0v) is 19.8. The van der Waals surface area contributed by atoms with E-state index in [1.54, 1.807) is 29.0 Å². The van der Waals surface area contributed by atoms with Crippen molar-refractivity contribution in [3.63, 3.8) is 0 Å². The number of amides is 4. The Labute approximate surface area is 196 Å². The van der Waals surface area contributed by atoms with Gasteiger partial charge in [0.1, 0.15) is 0 Å². The van der Waals surface area contributed by atoms with Crippen molar-refractivity contribution in [3.05, 3.63) is 45.6 Å². The lowest BCUT2D eigenvalue weighted by Crippen LogP contribution is -2.44. The summed E-state index contributed by atoms with van der Waals surface area (Å²) in [7, 11) is 5.45. The summed E-state index contributed by atoms with van der Waals surface area (Å²) in [5.41, 5.74) is 1.55. The number of nitrogens with zero attached hydrogens (tertiary/aromatic N) is 4. The third kappa shape index (κ3) is 4.46. The largest absolute Gasteiger partial charge is 0.346 e. The first-order chi connectivity index (χ1) is 15.2. The number of hydrogen-bond acceptors (Lipinski definition) is 5. The average molecular weight is 476 g/mol. The van der Waals surface area contributed by atoms with E-state index in [2.05, 4.69) is 5.32 Å². The molecule has 8 nitrogen and oxygen atoms in total. The Kier molecular flexibility index (Phi) is 6.41. The van der Waals surface area contributed by atoms with Gasteiger partial charge < -0.3 is 20.0 Å². The zero-order valence-electron chi connectivity index (χ0n) is 18.2. The first-order valence-corrected chi connectivity index (χ1v) is 11.6. The van der Waals surface area contributed by atoms with Gasteiger partial charge in [-0.15, -0.1) is 11.3 Å². The fourth-order valence-corrected chi connectivity index (χ4v) is 5.12. The summed E-state index contributed by atoms with van der Waals surface area (Å²) in [5.74, 6) is -0.166. The third-order valence-electron chi connectivity index (χ3n) is 5.88. The molecule has 2 aliphatic rings. The first kappa shape index (κ1) is 22.6. The highest BCUT2D eigenvalue weighted by Crippen LogP contribution is 2.32. The predicted octanol–water partition coefficient (Wildman–Crippen LogP) is 2.74. The SMILES string of the molecule is CN(C)CC(=O)N(C)c1ccc(N2C[C@@H]3[C@H](NC(=O)c4ccc(Cl)s4)CCN3C2=O)cc1. The number of rotatable bonds is 6. The second-order valence-corrected chi connectivity index (χ2v) is 10.0. The molecule has 2 aliphatic heterocycles. The molecule has 4 rings (SSSR count). The average Bonchev–Trinajstić information content (AvgIpc) is 3.44. The maximum absolute atomic E-state index is 13.0. The highest BCUT2D eigenvalue weighted by Gasteiger charge is 2.46. The van der Waals surface area contributed by atoms with E-state index < -0.39 is 0 Å². The Morgan fingerprint density at radius 2 is 1.88 bits per heavy atom. The van der Waals surface area contributed by atoms with Gasteiger partial charge in [-0.2, -0.15) is 0 Å². The van der Waals surface area contributed by atoms with Crippen LogP contribution in [0.2, 0.25) is 4.34 Å². The Morgan fingerprint density at radius 3 is 2.50 bits per heavy atom. The summed E-state index contributed by atoms with van der Waals surface area (Å²) in [6, 6.07) is 10.6. The molecular weight excluding hydrogens is 450 g/mol. The molecule has 0 bridgehead atoms. The molecule has 1 N–H and O–H groups in total. The number of nitrogens with one attached hydrogen (secondary N) is 1. The molecule has 170 valence electrons. The number of benzene rings is 1. The number of urea groups is 1. The molecule has 0 saturated carbocycles. The number of halogens is 1. The molecule has 0 aliphatic carbocycles. The minimum Gasteiger partial charge on any atom is -0.346 e. The van der Waals surface area contributed by atoms with Crippen LogP contribution < -0.4 is 15.1 Å². The molecule has 0 spiro atoms. The fourth-order valence-electron chi connectivity index (χ4n) is 4.17. The maximum Gasteiger partial charge on any atom is 0.324 e. The highest BCUT2D eigenvalue weighted by atomic mass is 35.5. The van der Waals surface area contributed by atoms with Crippen molar-refractivity contribution in [1.29, 1.82) is 0 Å². The summed E-state index contributed by atoms with van der Waals surface area (Å²) in [6.45, 7) is 1.43. The molecule has 0 radical (unpaired) electrons. The van der Waals surface area contributed by atoms with Gasteiger partial charge in [-0.25, -0.2) is 4.79 Å². The molecule has 1 aromatic carbocycles. The normalized spacial score (nSPS) is 20.1. The topological polar surface area (TPSA) is 76.2 Å². The molecule has 1 aromatic heterocycles. The van der Waals surface area contributed by atoms with E-state index in [1.807, 2.05) is 48.2 Å². The fraction of sp³-hybridized carbons (Fsp3) is 0.409. The number of anilines is 2. The molecular formula is C22H26ClN5O3S. The van der Waals surface area contributed by atoms with Crippen LogP contribution in [0, 0.1) is 0 Å². The van der Waals surface area contributed by atoms with Gasteiger partial charge in [0.2, 0.25) is 5.91 Å². The number of carbonyl (C=O) groups is 3. The third-order valence-corrected chi connectivity index (χ3v) is 7.11. The van der Waals surface area contributed by atoms with Crippen molar-refractivity contribution in [3.8, 4) is 0 Å². The van der Waals surface area contributed by atoms with Gasteiger partial charge in [0.05, 0.1) is 34.4 Å². The van der Waals surface area contributed by atoms with Gasteiger partial charge in [-0.3, -0.25) is 14.5 Å². The van der Waals surface area contributed by atoms with Crippen LogP contribution in [0.4, 0.5) is 16.2 Å². The standard InChI is InChI=1S/C22H26ClN5O3S/c1-25(2)13-20(29)26(3)14-4-6-15(7-5-14)28-12-17-16(10-11-27(17)22(28)31)24-21(30)18-8-9-19(23)32-18/h4-9,16-17H,10-13H2,1-3H3,(H,24,30)/t16-,17-/m1/s1. The van der Waals surface area contributed by atoms with E-state index in [9.17, 15) is 14.4 Å². The molecule has 2 saturated heterocycles. The smallest absolute Gasteiger partial charge is 0.324 e. The van der Waals surface area contributed by atoms with E-state index >= 15 is 0 Å². The molecule has 2 aromatic rings. The quantitative estimate of drug-likeness (QED) is 0.697. The van der Waals surface area contributed by atoms with Crippen molar-refractivity contribution in [1.82, 2.24) is 15.1 Å². The lowest BCUT2D eigenvalue weighted by Gasteiger charge is -2.22. The first-order valence-electron chi connectivity index (χ1n) is 10.4. The Morgan fingerprint density at radius 1 is 1.16 bits per heavy atom. The van der Waals surface area contributed by atoms with E-state index in [4.69, 9.17) is 11.6 Å². The van der Waals surface area contributed by atoms with Crippen LogP contribution in [-0.4, -0.2) is 80.5 Å². The van der Waals surface area contributed by atoms with Crippen LogP contribution in [0.1, 0.15) is 16.1 Å². The summed E-state index contributed by atoms with van der Waals surface area (Å²) in [6.07, 6.45) is 0.729. The lowest BCUT2D eigenvalue weighted by atomic mass is 10.1. The van der Waals surface area contributed by atoms with Crippen molar-refractivity contribution >= 4 is 52.2 Å². The number of carbonyl (C=O) groups excluding carboxylic acids is 3. The van der Waals surface area contributed by atoms with Crippen LogP contribution in [0.5, 0.6) is 0 Å². The molecule has 32 heavy (non-hydrogen) atoms. The Hall–Kier alpha value is -2.62. The highest BCUT2D eigenvalue weighted by molar-refractivity contribution is 7.18. The van der Waals surface area contributed by atoms with Crippen LogP contribution in [-0.2, 0) is 4.79 Å². The van der Waals surface area contributed by atoms with Gasteiger partial charge in [0.25, 0.3) is 5.91 Å². The van der Waals surface area contributed by atoms with Crippen LogP contribution in [0.25, 0.3) is 0 Å².